The van der Waals surface area contributed by atoms with Crippen molar-refractivity contribution in [3.05, 3.63) is 23.8 Å². The van der Waals surface area contributed by atoms with Crippen LogP contribution in [0.25, 0.3) is 0 Å². The zero-order chi connectivity index (χ0) is 13.7. The SMILES string of the molecule is COc1cccc(CNCC2CCC(O)C2)c1OC. The molecule has 0 amide bonds. The first-order chi connectivity index (χ1) is 9.24. The van der Waals surface area contributed by atoms with E-state index in [0.29, 0.717) is 5.92 Å². The highest BCUT2D eigenvalue weighted by Gasteiger charge is 2.22. The van der Waals surface area contributed by atoms with Gasteiger partial charge >= 0.3 is 0 Å². The molecule has 0 spiro atoms. The van der Waals surface area contributed by atoms with Crippen molar-refractivity contribution in [2.75, 3.05) is 20.8 Å². The Balaban J connectivity index is 1.88. The summed E-state index contributed by atoms with van der Waals surface area (Å²) < 4.78 is 10.7. The minimum absolute atomic E-state index is 0.0989. The van der Waals surface area contributed by atoms with Crippen LogP contribution < -0.4 is 14.8 Å². The number of aliphatic hydroxyl groups is 1. The van der Waals surface area contributed by atoms with Gasteiger partial charge in [0.05, 0.1) is 20.3 Å². The number of para-hydroxylation sites is 1. The molecule has 0 aromatic heterocycles. The molecule has 1 aromatic rings. The number of benzene rings is 1. The van der Waals surface area contributed by atoms with Gasteiger partial charge in [0, 0.05) is 12.1 Å². The van der Waals surface area contributed by atoms with Crippen molar-refractivity contribution in [1.29, 1.82) is 0 Å². The molecule has 1 fully saturated rings. The fraction of sp³-hybridized carbons (Fsp3) is 0.600. The maximum atomic E-state index is 9.50. The smallest absolute Gasteiger partial charge is 0.165 e. The van der Waals surface area contributed by atoms with Gasteiger partial charge in [0.15, 0.2) is 11.5 Å². The van der Waals surface area contributed by atoms with Crippen LogP contribution in [-0.4, -0.2) is 32.0 Å². The van der Waals surface area contributed by atoms with Crippen molar-refractivity contribution >= 4 is 0 Å². The molecule has 106 valence electrons. The van der Waals surface area contributed by atoms with E-state index in [2.05, 4.69) is 5.32 Å². The second-order valence-electron chi connectivity index (χ2n) is 5.12. The summed E-state index contributed by atoms with van der Waals surface area (Å²) in [5.41, 5.74) is 1.10. The third-order valence-corrected chi connectivity index (χ3v) is 3.75. The number of aliphatic hydroxyl groups excluding tert-OH is 1. The van der Waals surface area contributed by atoms with E-state index >= 15 is 0 Å². The van der Waals surface area contributed by atoms with E-state index in [-0.39, 0.29) is 6.10 Å². The van der Waals surface area contributed by atoms with Gasteiger partial charge in [-0.1, -0.05) is 12.1 Å². The molecule has 1 aliphatic carbocycles. The topological polar surface area (TPSA) is 50.7 Å². The summed E-state index contributed by atoms with van der Waals surface area (Å²) in [5, 5.41) is 12.9. The van der Waals surface area contributed by atoms with Crippen molar-refractivity contribution in [1.82, 2.24) is 5.32 Å². The second kappa shape index (κ2) is 6.78. The highest BCUT2D eigenvalue weighted by atomic mass is 16.5. The molecule has 2 unspecified atom stereocenters. The van der Waals surface area contributed by atoms with E-state index in [1.165, 1.54) is 0 Å². The van der Waals surface area contributed by atoms with Crippen LogP contribution in [0.4, 0.5) is 0 Å². The van der Waals surface area contributed by atoms with Gasteiger partial charge in [-0.15, -0.1) is 0 Å². The van der Waals surface area contributed by atoms with Gasteiger partial charge in [-0.2, -0.15) is 0 Å². The van der Waals surface area contributed by atoms with E-state index < -0.39 is 0 Å². The Morgan fingerprint density at radius 2 is 2.11 bits per heavy atom. The molecule has 0 radical (unpaired) electrons. The lowest BCUT2D eigenvalue weighted by Gasteiger charge is -2.15. The number of methoxy groups -OCH3 is 2. The number of hydrogen-bond acceptors (Lipinski definition) is 4. The molecule has 0 aliphatic heterocycles. The van der Waals surface area contributed by atoms with Crippen molar-refractivity contribution in [3.63, 3.8) is 0 Å². The molecular weight excluding hydrogens is 242 g/mol. The molecule has 1 aromatic carbocycles. The largest absolute Gasteiger partial charge is 0.493 e. The molecule has 19 heavy (non-hydrogen) atoms. The second-order valence-corrected chi connectivity index (χ2v) is 5.12. The Labute approximate surface area is 114 Å². The summed E-state index contributed by atoms with van der Waals surface area (Å²) >= 11 is 0. The van der Waals surface area contributed by atoms with Crippen LogP contribution >= 0.6 is 0 Å². The van der Waals surface area contributed by atoms with Gasteiger partial charge < -0.3 is 19.9 Å². The van der Waals surface area contributed by atoms with Gasteiger partial charge in [-0.3, -0.25) is 0 Å². The zero-order valence-electron chi connectivity index (χ0n) is 11.7. The minimum Gasteiger partial charge on any atom is -0.493 e. The molecule has 2 N–H and O–H groups in total. The minimum atomic E-state index is -0.0989. The normalized spacial score (nSPS) is 22.5. The Morgan fingerprint density at radius 1 is 1.26 bits per heavy atom. The maximum absolute atomic E-state index is 9.50. The first-order valence-corrected chi connectivity index (χ1v) is 6.83. The lowest BCUT2D eigenvalue weighted by molar-refractivity contribution is 0.177. The van der Waals surface area contributed by atoms with Crippen LogP contribution in [0.5, 0.6) is 11.5 Å². The van der Waals surface area contributed by atoms with Gasteiger partial charge in [-0.05, 0) is 37.8 Å². The van der Waals surface area contributed by atoms with Crippen LogP contribution in [0, 0.1) is 5.92 Å². The Bertz CT molecular complexity index is 408. The molecule has 2 rings (SSSR count). The molecule has 0 heterocycles. The molecule has 1 aliphatic rings. The summed E-state index contributed by atoms with van der Waals surface area (Å²) in [6, 6.07) is 5.91. The molecule has 0 saturated heterocycles. The Kier molecular flexibility index (Phi) is 5.05. The maximum Gasteiger partial charge on any atom is 0.165 e. The average Bonchev–Trinajstić information content (AvgIpc) is 2.84. The standard InChI is InChI=1S/C15H23NO3/c1-18-14-5-3-4-12(15(14)19-2)10-16-9-11-6-7-13(17)8-11/h3-5,11,13,16-17H,6-10H2,1-2H3. The number of nitrogens with one attached hydrogen (secondary N) is 1. The van der Waals surface area contributed by atoms with Crippen LogP contribution in [0.1, 0.15) is 24.8 Å². The fourth-order valence-corrected chi connectivity index (χ4v) is 2.74. The van der Waals surface area contributed by atoms with E-state index in [4.69, 9.17) is 9.47 Å². The molecule has 0 bridgehead atoms. The first kappa shape index (κ1) is 14.2. The van der Waals surface area contributed by atoms with Gasteiger partial charge in [0.2, 0.25) is 0 Å². The van der Waals surface area contributed by atoms with Crippen LogP contribution in [0.3, 0.4) is 0 Å². The van der Waals surface area contributed by atoms with Crippen LogP contribution in [0.2, 0.25) is 0 Å². The lowest BCUT2D eigenvalue weighted by atomic mass is 10.1. The lowest BCUT2D eigenvalue weighted by Crippen LogP contribution is -2.21. The van der Waals surface area contributed by atoms with E-state index in [1.807, 2.05) is 18.2 Å². The van der Waals surface area contributed by atoms with Crippen LogP contribution in [-0.2, 0) is 6.54 Å². The number of ether oxygens (including phenoxy) is 2. The predicted molar refractivity (Wildman–Crippen MR) is 74.6 cm³/mol. The summed E-state index contributed by atoms with van der Waals surface area (Å²) in [6.07, 6.45) is 2.87. The first-order valence-electron chi connectivity index (χ1n) is 6.83. The predicted octanol–water partition coefficient (Wildman–Crippen LogP) is 1.95. The van der Waals surface area contributed by atoms with E-state index in [1.54, 1.807) is 14.2 Å². The Morgan fingerprint density at radius 3 is 2.74 bits per heavy atom. The van der Waals surface area contributed by atoms with Gasteiger partial charge in [-0.25, -0.2) is 0 Å². The van der Waals surface area contributed by atoms with Gasteiger partial charge in [0.25, 0.3) is 0 Å². The van der Waals surface area contributed by atoms with Crippen molar-refractivity contribution < 1.29 is 14.6 Å². The number of rotatable bonds is 6. The Hall–Kier alpha value is -1.26. The highest BCUT2D eigenvalue weighted by Crippen LogP contribution is 2.30. The highest BCUT2D eigenvalue weighted by molar-refractivity contribution is 5.46. The average molecular weight is 265 g/mol. The molecular formula is C15H23NO3. The summed E-state index contributed by atoms with van der Waals surface area (Å²) in [5.74, 6) is 2.15. The third-order valence-electron chi connectivity index (χ3n) is 3.75. The molecule has 4 nitrogen and oxygen atoms in total. The van der Waals surface area contributed by atoms with E-state index in [9.17, 15) is 5.11 Å². The van der Waals surface area contributed by atoms with Crippen molar-refractivity contribution in [3.8, 4) is 11.5 Å². The fourth-order valence-electron chi connectivity index (χ4n) is 2.74. The third kappa shape index (κ3) is 3.61. The molecule has 1 saturated carbocycles. The van der Waals surface area contributed by atoms with Gasteiger partial charge in [0.1, 0.15) is 0 Å². The van der Waals surface area contributed by atoms with Crippen molar-refractivity contribution in [2.24, 2.45) is 5.92 Å². The summed E-state index contributed by atoms with van der Waals surface area (Å²) in [6.45, 7) is 1.70. The molecule has 4 heteroatoms. The van der Waals surface area contributed by atoms with Crippen LogP contribution in [0.15, 0.2) is 18.2 Å². The zero-order valence-corrected chi connectivity index (χ0v) is 11.7. The summed E-state index contributed by atoms with van der Waals surface area (Å²) in [4.78, 5) is 0. The quantitative estimate of drug-likeness (QED) is 0.825. The van der Waals surface area contributed by atoms with Crippen molar-refractivity contribution in [2.45, 2.75) is 31.9 Å². The van der Waals surface area contributed by atoms with E-state index in [0.717, 1.165) is 49.4 Å². The molecule has 2 atom stereocenters. The summed E-state index contributed by atoms with van der Waals surface area (Å²) in [7, 11) is 3.31. The number of hydrogen-bond donors (Lipinski definition) is 2. The monoisotopic (exact) mass is 265 g/mol.